The van der Waals surface area contributed by atoms with Crippen molar-refractivity contribution < 1.29 is 14.0 Å². The summed E-state index contributed by atoms with van der Waals surface area (Å²) in [7, 11) is 1.62. The average molecular weight is 337 g/mol. The summed E-state index contributed by atoms with van der Waals surface area (Å²) >= 11 is 1.84. The molecule has 1 atom stereocenters. The lowest BCUT2D eigenvalue weighted by atomic mass is 10.2. The smallest absolute Gasteiger partial charge is 0.240 e. The maximum atomic E-state index is 5.76. The SMILES string of the molecule is CCN(Cc1nc(COC)no1)Cc1ccc([C@H]2CCCO2)s1. The standard InChI is InChI=1S/C16H23N3O3S/c1-3-19(10-16-17-15(11-20-2)18-22-16)9-12-6-7-14(23-12)13-5-4-8-21-13/h6-7,13H,3-5,8-11H2,1-2H3/t13-/m1/s1. The van der Waals surface area contributed by atoms with E-state index in [2.05, 4.69) is 34.1 Å². The van der Waals surface area contributed by atoms with Crippen LogP contribution in [0.5, 0.6) is 0 Å². The number of hydrogen-bond acceptors (Lipinski definition) is 7. The van der Waals surface area contributed by atoms with Crippen LogP contribution >= 0.6 is 11.3 Å². The van der Waals surface area contributed by atoms with Crippen molar-refractivity contribution in [2.75, 3.05) is 20.3 Å². The Balaban J connectivity index is 1.57. The van der Waals surface area contributed by atoms with E-state index in [-0.39, 0.29) is 0 Å². The minimum Gasteiger partial charge on any atom is -0.377 e. The Morgan fingerprint density at radius 1 is 1.39 bits per heavy atom. The average Bonchev–Trinajstić information content (AvgIpc) is 3.28. The van der Waals surface area contributed by atoms with Crippen LogP contribution in [-0.2, 0) is 29.2 Å². The summed E-state index contributed by atoms with van der Waals surface area (Å²) in [6.07, 6.45) is 2.61. The van der Waals surface area contributed by atoms with Crippen molar-refractivity contribution in [1.29, 1.82) is 0 Å². The van der Waals surface area contributed by atoms with Crippen molar-refractivity contribution >= 4 is 11.3 Å². The molecule has 0 aliphatic carbocycles. The number of nitrogens with zero attached hydrogens (tertiary/aromatic N) is 3. The number of rotatable bonds is 8. The van der Waals surface area contributed by atoms with E-state index in [9.17, 15) is 0 Å². The van der Waals surface area contributed by atoms with E-state index in [1.807, 2.05) is 11.3 Å². The summed E-state index contributed by atoms with van der Waals surface area (Å²) in [5.74, 6) is 1.23. The molecule has 2 aromatic heterocycles. The van der Waals surface area contributed by atoms with Gasteiger partial charge >= 0.3 is 0 Å². The maximum absolute atomic E-state index is 5.76. The third kappa shape index (κ3) is 4.38. The van der Waals surface area contributed by atoms with Crippen molar-refractivity contribution in [3.63, 3.8) is 0 Å². The molecule has 0 unspecified atom stereocenters. The molecule has 0 amide bonds. The summed E-state index contributed by atoms with van der Waals surface area (Å²) < 4.78 is 16.0. The van der Waals surface area contributed by atoms with Crippen molar-refractivity contribution in [3.8, 4) is 0 Å². The van der Waals surface area contributed by atoms with Crippen LogP contribution in [0.4, 0.5) is 0 Å². The van der Waals surface area contributed by atoms with Crippen molar-refractivity contribution in [2.24, 2.45) is 0 Å². The van der Waals surface area contributed by atoms with Crippen molar-refractivity contribution in [3.05, 3.63) is 33.6 Å². The number of ether oxygens (including phenoxy) is 2. The molecule has 1 saturated heterocycles. The van der Waals surface area contributed by atoms with Gasteiger partial charge in [0.25, 0.3) is 0 Å². The first-order valence-electron chi connectivity index (χ1n) is 8.01. The van der Waals surface area contributed by atoms with Gasteiger partial charge in [0, 0.05) is 30.0 Å². The second-order valence-corrected chi connectivity index (χ2v) is 6.85. The van der Waals surface area contributed by atoms with Crippen LogP contribution in [0.15, 0.2) is 16.7 Å². The Bertz CT molecular complexity index is 607. The lowest BCUT2D eigenvalue weighted by Crippen LogP contribution is -2.22. The van der Waals surface area contributed by atoms with Gasteiger partial charge in [-0.2, -0.15) is 4.98 Å². The van der Waals surface area contributed by atoms with Crippen LogP contribution in [0.25, 0.3) is 0 Å². The van der Waals surface area contributed by atoms with E-state index in [0.29, 0.717) is 31.0 Å². The third-order valence-electron chi connectivity index (χ3n) is 3.90. The monoisotopic (exact) mass is 337 g/mol. The Morgan fingerprint density at radius 3 is 3.04 bits per heavy atom. The predicted octanol–water partition coefficient (Wildman–Crippen LogP) is 3.15. The molecule has 6 nitrogen and oxygen atoms in total. The van der Waals surface area contributed by atoms with Gasteiger partial charge < -0.3 is 14.0 Å². The van der Waals surface area contributed by atoms with Gasteiger partial charge in [-0.15, -0.1) is 11.3 Å². The lowest BCUT2D eigenvalue weighted by molar-refractivity contribution is 0.114. The van der Waals surface area contributed by atoms with Crippen LogP contribution in [0, 0.1) is 0 Å². The number of hydrogen-bond donors (Lipinski definition) is 0. The Labute approximate surface area is 140 Å². The Kier molecular flexibility index (Phi) is 5.77. The van der Waals surface area contributed by atoms with Gasteiger partial charge in [-0.3, -0.25) is 4.90 Å². The molecule has 3 rings (SSSR count). The molecule has 126 valence electrons. The van der Waals surface area contributed by atoms with Crippen LogP contribution in [-0.4, -0.2) is 35.3 Å². The first kappa shape index (κ1) is 16.6. The highest BCUT2D eigenvalue weighted by atomic mass is 32.1. The van der Waals surface area contributed by atoms with Gasteiger partial charge in [-0.1, -0.05) is 12.1 Å². The van der Waals surface area contributed by atoms with E-state index >= 15 is 0 Å². The van der Waals surface area contributed by atoms with Crippen LogP contribution in [0.2, 0.25) is 0 Å². The molecule has 7 heteroatoms. The first-order valence-corrected chi connectivity index (χ1v) is 8.83. The van der Waals surface area contributed by atoms with Gasteiger partial charge in [0.05, 0.1) is 12.6 Å². The highest BCUT2D eigenvalue weighted by Crippen LogP contribution is 2.33. The molecule has 0 saturated carbocycles. The molecule has 23 heavy (non-hydrogen) atoms. The number of thiophene rings is 1. The molecular formula is C16H23N3O3S. The molecule has 0 radical (unpaired) electrons. The van der Waals surface area contributed by atoms with Crippen molar-refractivity contribution in [2.45, 2.75) is 45.6 Å². The van der Waals surface area contributed by atoms with Gasteiger partial charge in [0.2, 0.25) is 5.89 Å². The molecule has 0 bridgehead atoms. The van der Waals surface area contributed by atoms with Crippen LogP contribution < -0.4 is 0 Å². The summed E-state index contributed by atoms with van der Waals surface area (Å²) in [6, 6.07) is 4.40. The molecule has 2 aromatic rings. The minimum absolute atomic E-state index is 0.302. The second kappa shape index (κ2) is 8.01. The zero-order chi connectivity index (χ0) is 16.1. The zero-order valence-electron chi connectivity index (χ0n) is 13.7. The lowest BCUT2D eigenvalue weighted by Gasteiger charge is -2.17. The summed E-state index contributed by atoms with van der Waals surface area (Å²) in [4.78, 5) is 9.31. The maximum Gasteiger partial charge on any atom is 0.240 e. The molecule has 0 spiro atoms. The quantitative estimate of drug-likeness (QED) is 0.737. The van der Waals surface area contributed by atoms with Gasteiger partial charge in [-0.05, 0) is 31.5 Å². The third-order valence-corrected chi connectivity index (χ3v) is 5.06. The normalized spacial score (nSPS) is 18.1. The molecule has 1 fully saturated rings. The fraction of sp³-hybridized carbons (Fsp3) is 0.625. The molecule has 0 aromatic carbocycles. The highest BCUT2D eigenvalue weighted by Gasteiger charge is 2.20. The molecule has 0 N–H and O–H groups in total. The number of methoxy groups -OCH3 is 1. The van der Waals surface area contributed by atoms with Gasteiger partial charge in [0.15, 0.2) is 5.82 Å². The molecular weight excluding hydrogens is 314 g/mol. The highest BCUT2D eigenvalue weighted by molar-refractivity contribution is 7.12. The van der Waals surface area contributed by atoms with Crippen LogP contribution in [0.3, 0.4) is 0 Å². The predicted molar refractivity (Wildman–Crippen MR) is 87.0 cm³/mol. The summed E-state index contributed by atoms with van der Waals surface area (Å²) in [6.45, 7) is 5.87. The van der Waals surface area contributed by atoms with Gasteiger partial charge in [0.1, 0.15) is 6.61 Å². The van der Waals surface area contributed by atoms with E-state index in [1.54, 1.807) is 7.11 Å². The number of aromatic nitrogens is 2. The van der Waals surface area contributed by atoms with Gasteiger partial charge in [-0.25, -0.2) is 0 Å². The zero-order valence-corrected chi connectivity index (χ0v) is 14.5. The fourth-order valence-electron chi connectivity index (χ4n) is 2.69. The summed E-state index contributed by atoms with van der Waals surface area (Å²) in [5.41, 5.74) is 0. The Hall–Kier alpha value is -1.28. The largest absolute Gasteiger partial charge is 0.377 e. The second-order valence-electron chi connectivity index (χ2n) is 5.65. The van der Waals surface area contributed by atoms with Crippen LogP contribution in [0.1, 0.15) is 47.3 Å². The van der Waals surface area contributed by atoms with Crippen molar-refractivity contribution in [1.82, 2.24) is 15.0 Å². The topological polar surface area (TPSA) is 60.6 Å². The van der Waals surface area contributed by atoms with E-state index in [0.717, 1.165) is 26.1 Å². The van der Waals surface area contributed by atoms with E-state index in [4.69, 9.17) is 14.0 Å². The fourth-order valence-corrected chi connectivity index (χ4v) is 3.83. The Morgan fingerprint density at radius 2 is 2.30 bits per heavy atom. The minimum atomic E-state index is 0.302. The molecule has 3 heterocycles. The van der Waals surface area contributed by atoms with E-state index < -0.39 is 0 Å². The molecule has 1 aliphatic rings. The summed E-state index contributed by atoms with van der Waals surface area (Å²) in [5, 5.41) is 3.91. The van der Waals surface area contributed by atoms with E-state index in [1.165, 1.54) is 16.2 Å². The molecule has 1 aliphatic heterocycles. The first-order chi connectivity index (χ1) is 11.3.